The second-order valence-corrected chi connectivity index (χ2v) is 7.35. The number of rotatable bonds is 7. The monoisotopic (exact) mass is 445 g/mol. The number of carbonyl (C=O) groups excluding carboxylic acids is 2. The van der Waals surface area contributed by atoms with Gasteiger partial charge in [0.25, 0.3) is 5.91 Å². The minimum absolute atomic E-state index is 0.119. The Bertz CT molecular complexity index is 1260. The lowest BCUT2D eigenvalue weighted by Crippen LogP contribution is -2.31. The highest BCUT2D eigenvalue weighted by Gasteiger charge is 2.36. The van der Waals surface area contributed by atoms with E-state index in [0.717, 1.165) is 5.56 Å². The maximum atomic E-state index is 12.8. The van der Waals surface area contributed by atoms with Crippen molar-refractivity contribution >= 4 is 17.6 Å². The summed E-state index contributed by atoms with van der Waals surface area (Å²) >= 11 is 0. The summed E-state index contributed by atoms with van der Waals surface area (Å²) in [5.41, 5.74) is 1.83. The van der Waals surface area contributed by atoms with E-state index in [1.807, 2.05) is 30.3 Å². The number of ether oxygens (including phenoxy) is 1. The van der Waals surface area contributed by atoms with E-state index in [-0.39, 0.29) is 6.42 Å². The van der Waals surface area contributed by atoms with Crippen LogP contribution in [-0.4, -0.2) is 34.2 Å². The van der Waals surface area contributed by atoms with Crippen LogP contribution in [0.4, 0.5) is 0 Å². The first-order valence-corrected chi connectivity index (χ1v) is 10.3. The summed E-state index contributed by atoms with van der Waals surface area (Å²) in [6, 6.07) is 15.9. The molecule has 0 spiro atoms. The highest BCUT2D eigenvalue weighted by molar-refractivity contribution is 6.01. The number of oxazole rings is 1. The van der Waals surface area contributed by atoms with Gasteiger partial charge in [-0.05, 0) is 36.4 Å². The van der Waals surface area contributed by atoms with Crippen LogP contribution in [0.15, 0.2) is 91.7 Å². The van der Waals surface area contributed by atoms with E-state index in [1.165, 1.54) is 17.5 Å². The molecule has 0 N–H and O–H groups in total. The van der Waals surface area contributed by atoms with Gasteiger partial charge in [0.15, 0.2) is 6.61 Å². The number of hydrazone groups is 1. The molecular weight excluding hydrogens is 426 g/mol. The topological polar surface area (TPSA) is 111 Å². The number of esters is 1. The SMILES string of the molecule is O=C(Cc1coc(-c2ccccc2)n1)OCC(=O)N1N=C(c2ccco2)CC1c1ccco1. The molecule has 3 aromatic heterocycles. The largest absolute Gasteiger partial charge is 0.467 e. The molecule has 0 saturated carbocycles. The van der Waals surface area contributed by atoms with Crippen molar-refractivity contribution in [2.45, 2.75) is 18.9 Å². The summed E-state index contributed by atoms with van der Waals surface area (Å²) < 4.78 is 21.5. The van der Waals surface area contributed by atoms with Gasteiger partial charge in [-0.15, -0.1) is 0 Å². The number of hydrogen-bond donors (Lipinski definition) is 0. The summed E-state index contributed by atoms with van der Waals surface area (Å²) in [7, 11) is 0. The van der Waals surface area contributed by atoms with Crippen molar-refractivity contribution in [2.24, 2.45) is 5.10 Å². The predicted octanol–water partition coefficient (Wildman–Crippen LogP) is 3.99. The van der Waals surface area contributed by atoms with Gasteiger partial charge in [-0.2, -0.15) is 5.10 Å². The molecule has 9 heteroatoms. The lowest BCUT2D eigenvalue weighted by Gasteiger charge is -2.19. The maximum absolute atomic E-state index is 12.8. The average molecular weight is 445 g/mol. The summed E-state index contributed by atoms with van der Waals surface area (Å²) in [6.45, 7) is -0.464. The Morgan fingerprint density at radius 3 is 2.58 bits per heavy atom. The smallest absolute Gasteiger partial charge is 0.312 e. The van der Waals surface area contributed by atoms with Crippen molar-refractivity contribution in [2.75, 3.05) is 6.61 Å². The number of amides is 1. The fourth-order valence-electron chi connectivity index (χ4n) is 3.54. The minimum Gasteiger partial charge on any atom is -0.467 e. The van der Waals surface area contributed by atoms with Crippen LogP contribution in [0.3, 0.4) is 0 Å². The highest BCUT2D eigenvalue weighted by atomic mass is 16.5. The summed E-state index contributed by atoms with van der Waals surface area (Å²) in [5.74, 6) is 0.486. The number of nitrogens with zero attached hydrogens (tertiary/aromatic N) is 3. The highest BCUT2D eigenvalue weighted by Crippen LogP contribution is 2.33. The van der Waals surface area contributed by atoms with Gasteiger partial charge in [0, 0.05) is 12.0 Å². The molecule has 166 valence electrons. The summed E-state index contributed by atoms with van der Waals surface area (Å²) in [6.07, 6.45) is 4.77. The first kappa shape index (κ1) is 20.5. The van der Waals surface area contributed by atoms with Crippen LogP contribution in [-0.2, 0) is 20.7 Å². The van der Waals surface area contributed by atoms with E-state index in [2.05, 4.69) is 10.1 Å². The third kappa shape index (κ3) is 4.47. The van der Waals surface area contributed by atoms with Gasteiger partial charge in [0.05, 0.1) is 24.6 Å². The second-order valence-electron chi connectivity index (χ2n) is 7.35. The average Bonchev–Trinajstić information content (AvgIpc) is 3.63. The molecule has 0 aliphatic carbocycles. The van der Waals surface area contributed by atoms with E-state index < -0.39 is 24.5 Å². The van der Waals surface area contributed by atoms with Crippen LogP contribution in [0, 0.1) is 0 Å². The van der Waals surface area contributed by atoms with Crippen molar-refractivity contribution in [1.82, 2.24) is 9.99 Å². The van der Waals surface area contributed by atoms with Crippen molar-refractivity contribution < 1.29 is 27.6 Å². The first-order chi connectivity index (χ1) is 16.2. The van der Waals surface area contributed by atoms with Crippen LogP contribution in [0.5, 0.6) is 0 Å². The normalized spacial score (nSPS) is 15.5. The third-order valence-electron chi connectivity index (χ3n) is 5.10. The van der Waals surface area contributed by atoms with Crippen LogP contribution in [0.1, 0.15) is 29.7 Å². The molecule has 1 aliphatic heterocycles. The first-order valence-electron chi connectivity index (χ1n) is 10.3. The Hall–Kier alpha value is -4.40. The fraction of sp³-hybridized carbons (Fsp3) is 0.167. The van der Waals surface area contributed by atoms with E-state index in [0.29, 0.717) is 35.2 Å². The summed E-state index contributed by atoms with van der Waals surface area (Å²) in [4.78, 5) is 29.4. The molecule has 1 aliphatic rings. The Morgan fingerprint density at radius 1 is 1.00 bits per heavy atom. The van der Waals surface area contributed by atoms with Gasteiger partial charge in [0.2, 0.25) is 5.89 Å². The van der Waals surface area contributed by atoms with E-state index in [4.69, 9.17) is 18.0 Å². The molecule has 1 atom stereocenters. The van der Waals surface area contributed by atoms with Crippen LogP contribution < -0.4 is 0 Å². The molecule has 0 radical (unpaired) electrons. The molecule has 1 unspecified atom stereocenters. The molecule has 0 saturated heterocycles. The number of furan rings is 2. The standard InChI is InChI=1S/C24H19N3O6/c28-22(15-32-23(29)12-17-14-33-24(25-17)16-6-2-1-3-7-16)27-19(21-9-5-11-31-21)13-18(26-27)20-8-4-10-30-20/h1-11,14,19H,12-13,15H2. The molecule has 0 bridgehead atoms. The second kappa shape index (κ2) is 8.99. The number of aromatic nitrogens is 1. The molecule has 4 heterocycles. The zero-order valence-corrected chi connectivity index (χ0v) is 17.4. The minimum atomic E-state index is -0.597. The van der Waals surface area contributed by atoms with Crippen molar-refractivity contribution in [1.29, 1.82) is 0 Å². The van der Waals surface area contributed by atoms with Gasteiger partial charge in [-0.25, -0.2) is 9.99 Å². The van der Waals surface area contributed by atoms with Gasteiger partial charge < -0.3 is 18.0 Å². The van der Waals surface area contributed by atoms with E-state index >= 15 is 0 Å². The Labute approximate surface area is 188 Å². The zero-order valence-electron chi connectivity index (χ0n) is 17.4. The molecule has 1 amide bonds. The van der Waals surface area contributed by atoms with E-state index in [1.54, 1.807) is 30.5 Å². The van der Waals surface area contributed by atoms with Gasteiger partial charge >= 0.3 is 5.97 Å². The van der Waals surface area contributed by atoms with Crippen molar-refractivity contribution in [3.05, 3.63) is 90.6 Å². The van der Waals surface area contributed by atoms with Gasteiger partial charge in [-0.3, -0.25) is 9.59 Å². The number of hydrogen-bond acceptors (Lipinski definition) is 8. The Morgan fingerprint density at radius 2 is 1.82 bits per heavy atom. The van der Waals surface area contributed by atoms with Gasteiger partial charge in [0.1, 0.15) is 29.5 Å². The molecule has 9 nitrogen and oxygen atoms in total. The van der Waals surface area contributed by atoms with E-state index in [9.17, 15) is 9.59 Å². The van der Waals surface area contributed by atoms with Gasteiger partial charge in [-0.1, -0.05) is 18.2 Å². The molecule has 33 heavy (non-hydrogen) atoms. The predicted molar refractivity (Wildman–Crippen MR) is 115 cm³/mol. The Kier molecular flexibility index (Phi) is 5.59. The fourth-order valence-corrected chi connectivity index (χ4v) is 3.54. The van der Waals surface area contributed by atoms with Crippen LogP contribution >= 0.6 is 0 Å². The molecule has 4 aromatic rings. The maximum Gasteiger partial charge on any atom is 0.312 e. The number of benzene rings is 1. The molecule has 5 rings (SSSR count). The lowest BCUT2D eigenvalue weighted by molar-refractivity contribution is -0.152. The van der Waals surface area contributed by atoms with Crippen LogP contribution in [0.2, 0.25) is 0 Å². The molecule has 0 fully saturated rings. The van der Waals surface area contributed by atoms with Crippen LogP contribution in [0.25, 0.3) is 11.5 Å². The lowest BCUT2D eigenvalue weighted by atomic mass is 10.1. The quantitative estimate of drug-likeness (QED) is 0.395. The van der Waals surface area contributed by atoms with Crippen molar-refractivity contribution in [3.63, 3.8) is 0 Å². The third-order valence-corrected chi connectivity index (χ3v) is 5.10. The number of carbonyl (C=O) groups is 2. The summed E-state index contributed by atoms with van der Waals surface area (Å²) in [5, 5.41) is 5.67. The zero-order chi connectivity index (χ0) is 22.6. The molecule has 1 aromatic carbocycles. The molecular formula is C24H19N3O6. The Balaban J connectivity index is 1.22. The van der Waals surface area contributed by atoms with Crippen molar-refractivity contribution in [3.8, 4) is 11.5 Å².